The van der Waals surface area contributed by atoms with Gasteiger partial charge < -0.3 is 5.11 Å². The first kappa shape index (κ1) is 10.4. The molecule has 5 heteroatoms. The van der Waals surface area contributed by atoms with Crippen LogP contribution in [0.25, 0.3) is 0 Å². The van der Waals surface area contributed by atoms with Gasteiger partial charge >= 0.3 is 0 Å². The zero-order chi connectivity index (χ0) is 11.0. The van der Waals surface area contributed by atoms with Crippen LogP contribution in [0.15, 0.2) is 10.5 Å². The molecule has 1 aromatic carbocycles. The van der Waals surface area contributed by atoms with Gasteiger partial charge in [-0.25, -0.2) is 0 Å². The number of benzene rings is 1. The Morgan fingerprint density at radius 1 is 1.33 bits per heavy atom. The fraction of sp³-hybridized carbons (Fsp3) is 0.400. The van der Waals surface area contributed by atoms with E-state index < -0.39 is 0 Å². The van der Waals surface area contributed by atoms with E-state index in [4.69, 9.17) is 0 Å². The fourth-order valence-corrected chi connectivity index (χ4v) is 2.49. The highest BCUT2D eigenvalue weighted by Gasteiger charge is 2.25. The van der Waals surface area contributed by atoms with Gasteiger partial charge in [-0.3, -0.25) is 10.1 Å². The molecule has 1 aromatic rings. The Bertz CT molecular complexity index is 431. The van der Waals surface area contributed by atoms with Gasteiger partial charge in [-0.05, 0) is 41.6 Å². The lowest BCUT2D eigenvalue weighted by Crippen LogP contribution is -2.07. The summed E-state index contributed by atoms with van der Waals surface area (Å²) in [5.41, 5.74) is 1.56. The maximum Gasteiger partial charge on any atom is 0.274 e. The van der Waals surface area contributed by atoms with Crippen molar-refractivity contribution in [2.45, 2.75) is 25.7 Å². The smallest absolute Gasteiger partial charge is 0.274 e. The number of hydrogen-bond donors (Lipinski definition) is 1. The Morgan fingerprint density at radius 3 is 2.53 bits per heavy atom. The molecule has 0 amide bonds. The third-order valence-corrected chi connectivity index (χ3v) is 3.35. The van der Waals surface area contributed by atoms with Crippen LogP contribution in [0, 0.1) is 10.1 Å². The van der Waals surface area contributed by atoms with Gasteiger partial charge in [-0.1, -0.05) is 0 Å². The number of halogens is 1. The number of phenolic OH excluding ortho intramolecular Hbond substituents is 1. The maximum atomic E-state index is 10.8. The molecule has 80 valence electrons. The van der Waals surface area contributed by atoms with Crippen LogP contribution >= 0.6 is 15.9 Å². The van der Waals surface area contributed by atoms with Crippen molar-refractivity contribution in [3.8, 4) is 5.75 Å². The van der Waals surface area contributed by atoms with E-state index >= 15 is 0 Å². The van der Waals surface area contributed by atoms with Crippen LogP contribution in [-0.4, -0.2) is 10.0 Å². The van der Waals surface area contributed by atoms with Gasteiger partial charge in [0.1, 0.15) is 5.75 Å². The van der Waals surface area contributed by atoms with Crippen LogP contribution in [0.5, 0.6) is 5.75 Å². The molecule has 0 heterocycles. The summed E-state index contributed by atoms with van der Waals surface area (Å²) in [4.78, 5) is 10.5. The third kappa shape index (κ3) is 1.71. The third-order valence-electron chi connectivity index (χ3n) is 2.75. The van der Waals surface area contributed by atoms with Crippen molar-refractivity contribution >= 4 is 21.6 Å². The first-order chi connectivity index (χ1) is 7.11. The Balaban J connectivity index is 2.67. The minimum atomic E-state index is -0.381. The molecule has 1 aliphatic rings. The second-order valence-electron chi connectivity index (χ2n) is 3.65. The van der Waals surface area contributed by atoms with Crippen molar-refractivity contribution in [1.29, 1.82) is 0 Å². The molecule has 1 aliphatic carbocycles. The number of hydrogen-bond acceptors (Lipinski definition) is 3. The Kier molecular flexibility index (Phi) is 2.65. The van der Waals surface area contributed by atoms with E-state index in [2.05, 4.69) is 15.9 Å². The van der Waals surface area contributed by atoms with E-state index in [9.17, 15) is 15.2 Å². The molecule has 15 heavy (non-hydrogen) atoms. The van der Waals surface area contributed by atoms with Crippen molar-refractivity contribution < 1.29 is 10.0 Å². The Labute approximate surface area is 95.2 Å². The first-order valence-corrected chi connectivity index (χ1v) is 5.58. The molecule has 0 atom stereocenters. The monoisotopic (exact) mass is 271 g/mol. The zero-order valence-electron chi connectivity index (χ0n) is 7.99. The maximum absolute atomic E-state index is 10.8. The van der Waals surface area contributed by atoms with Crippen LogP contribution in [0.3, 0.4) is 0 Å². The summed E-state index contributed by atoms with van der Waals surface area (Å²) in [7, 11) is 0. The number of nitrogens with zero attached hydrogens (tertiary/aromatic N) is 1. The molecule has 1 N–H and O–H groups in total. The average Bonchev–Trinajstić information content (AvgIpc) is 2.23. The molecule has 2 rings (SSSR count). The summed E-state index contributed by atoms with van der Waals surface area (Å²) in [6, 6.07) is 1.39. The second-order valence-corrected chi connectivity index (χ2v) is 4.50. The van der Waals surface area contributed by atoms with Gasteiger partial charge in [-0.2, -0.15) is 0 Å². The molecule has 0 aromatic heterocycles. The molecule has 0 unspecified atom stereocenters. The zero-order valence-corrected chi connectivity index (χ0v) is 9.58. The standard InChI is InChI=1S/C10H10BrNO3/c11-8-5-9(12(14)15)6-3-1-2-4-7(6)10(8)13/h5,13H,1-4H2. The summed E-state index contributed by atoms with van der Waals surface area (Å²) < 4.78 is 0.412. The summed E-state index contributed by atoms with van der Waals surface area (Å²) >= 11 is 3.14. The average molecular weight is 272 g/mol. The minimum absolute atomic E-state index is 0.120. The van der Waals surface area contributed by atoms with Gasteiger partial charge in [0.2, 0.25) is 0 Å². The van der Waals surface area contributed by atoms with E-state index in [0.717, 1.165) is 24.8 Å². The van der Waals surface area contributed by atoms with Crippen LogP contribution in [0.1, 0.15) is 24.0 Å². The van der Waals surface area contributed by atoms with Gasteiger partial charge in [0, 0.05) is 17.2 Å². The van der Waals surface area contributed by atoms with E-state index in [1.165, 1.54) is 6.07 Å². The first-order valence-electron chi connectivity index (χ1n) is 4.79. The number of aromatic hydroxyl groups is 1. The molecule has 0 saturated heterocycles. The van der Waals surface area contributed by atoms with Crippen LogP contribution in [0.4, 0.5) is 5.69 Å². The van der Waals surface area contributed by atoms with Gasteiger partial charge in [-0.15, -0.1) is 0 Å². The number of fused-ring (bicyclic) bond motifs is 1. The molecule has 0 saturated carbocycles. The van der Waals surface area contributed by atoms with E-state index in [0.29, 0.717) is 16.5 Å². The molecular weight excluding hydrogens is 262 g/mol. The molecule has 0 radical (unpaired) electrons. The highest BCUT2D eigenvalue weighted by Crippen LogP contribution is 2.40. The van der Waals surface area contributed by atoms with Crippen molar-refractivity contribution in [1.82, 2.24) is 0 Å². The number of nitro benzene ring substituents is 1. The minimum Gasteiger partial charge on any atom is -0.506 e. The predicted molar refractivity (Wildman–Crippen MR) is 59.1 cm³/mol. The molecular formula is C10H10BrNO3. The topological polar surface area (TPSA) is 63.4 Å². The molecule has 0 spiro atoms. The van der Waals surface area contributed by atoms with Gasteiger partial charge in [0.25, 0.3) is 5.69 Å². The van der Waals surface area contributed by atoms with E-state index in [1.807, 2.05) is 0 Å². The Hall–Kier alpha value is -1.10. The molecule has 0 aliphatic heterocycles. The van der Waals surface area contributed by atoms with Crippen molar-refractivity contribution in [2.24, 2.45) is 0 Å². The Morgan fingerprint density at radius 2 is 1.93 bits per heavy atom. The lowest BCUT2D eigenvalue weighted by atomic mass is 9.90. The van der Waals surface area contributed by atoms with Crippen molar-refractivity contribution in [2.75, 3.05) is 0 Å². The summed E-state index contributed by atoms with van der Waals surface area (Å²) in [5.74, 6) is 0.162. The van der Waals surface area contributed by atoms with Crippen LogP contribution in [-0.2, 0) is 12.8 Å². The summed E-state index contributed by atoms with van der Waals surface area (Å²) in [6.07, 6.45) is 3.34. The van der Waals surface area contributed by atoms with E-state index in [1.54, 1.807) is 0 Å². The molecule has 0 bridgehead atoms. The SMILES string of the molecule is O=[N+]([O-])c1cc(Br)c(O)c2c1CCCC2. The largest absolute Gasteiger partial charge is 0.506 e. The summed E-state index contributed by atoms with van der Waals surface area (Å²) in [6.45, 7) is 0. The quantitative estimate of drug-likeness (QED) is 0.631. The van der Waals surface area contributed by atoms with Crippen molar-refractivity contribution in [3.05, 3.63) is 31.8 Å². The highest BCUT2D eigenvalue weighted by molar-refractivity contribution is 9.10. The second kappa shape index (κ2) is 3.81. The van der Waals surface area contributed by atoms with Crippen LogP contribution < -0.4 is 0 Å². The normalized spacial score (nSPS) is 14.7. The number of rotatable bonds is 1. The van der Waals surface area contributed by atoms with Crippen molar-refractivity contribution in [3.63, 3.8) is 0 Å². The molecule has 0 fully saturated rings. The predicted octanol–water partition coefficient (Wildman–Crippen LogP) is 2.94. The molecule has 4 nitrogen and oxygen atoms in total. The highest BCUT2D eigenvalue weighted by atomic mass is 79.9. The van der Waals surface area contributed by atoms with Gasteiger partial charge in [0.15, 0.2) is 0 Å². The number of phenols is 1. The van der Waals surface area contributed by atoms with Gasteiger partial charge in [0.05, 0.1) is 9.40 Å². The summed E-state index contributed by atoms with van der Waals surface area (Å²) in [5, 5.41) is 20.6. The van der Waals surface area contributed by atoms with Crippen LogP contribution in [0.2, 0.25) is 0 Å². The lowest BCUT2D eigenvalue weighted by molar-refractivity contribution is -0.385. The fourth-order valence-electron chi connectivity index (χ4n) is 2.03. The lowest BCUT2D eigenvalue weighted by Gasteiger charge is -2.17. The van der Waals surface area contributed by atoms with E-state index in [-0.39, 0.29) is 16.4 Å². The number of nitro groups is 1.